The van der Waals surface area contributed by atoms with Crippen LogP contribution in [0, 0.1) is 5.92 Å². The van der Waals surface area contributed by atoms with Crippen molar-refractivity contribution in [1.29, 1.82) is 0 Å². The van der Waals surface area contributed by atoms with E-state index in [1.54, 1.807) is 10.9 Å². The highest BCUT2D eigenvalue weighted by atomic mass is 16.3. The molecule has 3 N–H and O–H groups in total. The minimum Gasteiger partial charge on any atom is -0.391 e. The zero-order valence-electron chi connectivity index (χ0n) is 10.6. The predicted molar refractivity (Wildman–Crippen MR) is 65.1 cm³/mol. The van der Waals surface area contributed by atoms with E-state index in [0.29, 0.717) is 6.04 Å². The molecule has 1 aromatic rings. The first-order chi connectivity index (χ1) is 8.58. The maximum Gasteiger partial charge on any atom is 0.273 e. The van der Waals surface area contributed by atoms with Crippen LogP contribution in [0.2, 0.25) is 0 Å². The molecule has 7 nitrogen and oxygen atoms in total. The number of aliphatic hydroxyl groups is 1. The van der Waals surface area contributed by atoms with Gasteiger partial charge in [-0.05, 0) is 5.92 Å². The van der Waals surface area contributed by atoms with Gasteiger partial charge in [-0.15, -0.1) is 5.10 Å². The maximum absolute atomic E-state index is 11.8. The monoisotopic (exact) mass is 253 g/mol. The molecule has 1 unspecified atom stereocenters. The number of aromatic nitrogens is 3. The first-order valence-corrected chi connectivity index (χ1v) is 6.16. The Hall–Kier alpha value is -1.47. The van der Waals surface area contributed by atoms with Crippen LogP contribution in [0.1, 0.15) is 30.4 Å². The van der Waals surface area contributed by atoms with E-state index < -0.39 is 6.10 Å². The topological polar surface area (TPSA) is 92.1 Å². The Balaban J connectivity index is 1.86. The molecule has 1 aliphatic heterocycles. The van der Waals surface area contributed by atoms with Gasteiger partial charge < -0.3 is 15.7 Å². The SMILES string of the molecule is CC(C)C(O)CNC(=O)c1cn(C2CNC2)nn1. The van der Waals surface area contributed by atoms with Gasteiger partial charge in [0, 0.05) is 19.6 Å². The van der Waals surface area contributed by atoms with Crippen LogP contribution in [0.3, 0.4) is 0 Å². The summed E-state index contributed by atoms with van der Waals surface area (Å²) in [5.41, 5.74) is 0.290. The summed E-state index contributed by atoms with van der Waals surface area (Å²) in [6.45, 7) is 5.74. The van der Waals surface area contributed by atoms with E-state index in [-0.39, 0.29) is 24.1 Å². The van der Waals surface area contributed by atoms with Gasteiger partial charge >= 0.3 is 0 Å². The Morgan fingerprint density at radius 1 is 1.67 bits per heavy atom. The lowest BCUT2D eigenvalue weighted by atomic mass is 10.1. The van der Waals surface area contributed by atoms with Gasteiger partial charge in [0.25, 0.3) is 5.91 Å². The number of carbonyl (C=O) groups is 1. The third kappa shape index (κ3) is 2.85. The van der Waals surface area contributed by atoms with Crippen LogP contribution in [0.25, 0.3) is 0 Å². The van der Waals surface area contributed by atoms with Crippen molar-refractivity contribution < 1.29 is 9.90 Å². The predicted octanol–water partition coefficient (Wildman–Crippen LogP) is -0.831. The van der Waals surface area contributed by atoms with E-state index in [1.165, 1.54) is 0 Å². The quantitative estimate of drug-likeness (QED) is 0.637. The number of aliphatic hydroxyl groups excluding tert-OH is 1. The highest BCUT2D eigenvalue weighted by molar-refractivity contribution is 5.91. The van der Waals surface area contributed by atoms with Gasteiger partial charge in [-0.1, -0.05) is 19.1 Å². The third-order valence-electron chi connectivity index (χ3n) is 3.12. The van der Waals surface area contributed by atoms with Gasteiger partial charge in [-0.2, -0.15) is 0 Å². The molecule has 0 aliphatic carbocycles. The first kappa shape index (κ1) is 13.0. The molecule has 1 aliphatic rings. The molecule has 7 heteroatoms. The Kier molecular flexibility index (Phi) is 3.93. The zero-order chi connectivity index (χ0) is 13.1. The molecule has 0 saturated carbocycles. The molecule has 1 aromatic heterocycles. The average molecular weight is 253 g/mol. The van der Waals surface area contributed by atoms with Crippen molar-refractivity contribution in [3.63, 3.8) is 0 Å². The number of nitrogens with zero attached hydrogens (tertiary/aromatic N) is 3. The van der Waals surface area contributed by atoms with Crippen LogP contribution >= 0.6 is 0 Å². The minimum atomic E-state index is -0.542. The van der Waals surface area contributed by atoms with Crippen molar-refractivity contribution in [2.75, 3.05) is 19.6 Å². The summed E-state index contributed by atoms with van der Waals surface area (Å²) >= 11 is 0. The third-order valence-corrected chi connectivity index (χ3v) is 3.12. The van der Waals surface area contributed by atoms with Crippen molar-refractivity contribution >= 4 is 5.91 Å². The summed E-state index contributed by atoms with van der Waals surface area (Å²) in [5, 5.41) is 23.1. The fourth-order valence-corrected chi connectivity index (χ4v) is 1.54. The normalized spacial score (nSPS) is 17.6. The van der Waals surface area contributed by atoms with Crippen molar-refractivity contribution in [2.24, 2.45) is 5.92 Å². The van der Waals surface area contributed by atoms with Gasteiger partial charge in [-0.25, -0.2) is 4.68 Å². The molecule has 1 atom stereocenters. The van der Waals surface area contributed by atoms with Gasteiger partial charge in [-0.3, -0.25) is 4.79 Å². The summed E-state index contributed by atoms with van der Waals surface area (Å²) in [6, 6.07) is 0.292. The Bertz CT molecular complexity index is 413. The number of nitrogens with one attached hydrogen (secondary N) is 2. The van der Waals surface area contributed by atoms with E-state index in [0.717, 1.165) is 13.1 Å². The van der Waals surface area contributed by atoms with Crippen LogP contribution < -0.4 is 10.6 Å². The second-order valence-electron chi connectivity index (χ2n) is 4.92. The molecule has 1 amide bonds. The highest BCUT2D eigenvalue weighted by Gasteiger charge is 2.21. The number of amides is 1. The van der Waals surface area contributed by atoms with Gasteiger partial charge in [0.05, 0.1) is 18.3 Å². The van der Waals surface area contributed by atoms with Crippen LogP contribution in [0.4, 0.5) is 0 Å². The van der Waals surface area contributed by atoms with E-state index in [4.69, 9.17) is 0 Å². The molecule has 0 bridgehead atoms. The second-order valence-corrected chi connectivity index (χ2v) is 4.92. The fraction of sp³-hybridized carbons (Fsp3) is 0.727. The lowest BCUT2D eigenvalue weighted by Crippen LogP contribution is -2.43. The number of hydrogen-bond donors (Lipinski definition) is 3. The molecule has 1 saturated heterocycles. The number of rotatable bonds is 5. The van der Waals surface area contributed by atoms with E-state index >= 15 is 0 Å². The Labute approximate surface area is 106 Å². The minimum absolute atomic E-state index is 0.113. The maximum atomic E-state index is 11.8. The molecular formula is C11H19N5O2. The van der Waals surface area contributed by atoms with E-state index in [2.05, 4.69) is 20.9 Å². The zero-order valence-corrected chi connectivity index (χ0v) is 10.6. The summed E-state index contributed by atoms with van der Waals surface area (Å²) in [5.74, 6) is -0.185. The Morgan fingerprint density at radius 3 is 2.94 bits per heavy atom. The molecule has 0 spiro atoms. The van der Waals surface area contributed by atoms with Gasteiger partial charge in [0.1, 0.15) is 0 Å². The molecule has 1 fully saturated rings. The summed E-state index contributed by atoms with van der Waals surface area (Å²) < 4.78 is 1.70. The van der Waals surface area contributed by atoms with Gasteiger partial charge in [0.2, 0.25) is 0 Å². The molecule has 18 heavy (non-hydrogen) atoms. The standard InChI is InChI=1S/C11H19N5O2/c1-7(2)10(17)5-13-11(18)9-6-16(15-14-9)8-3-12-4-8/h6-8,10,12,17H,3-5H2,1-2H3,(H,13,18). The Morgan fingerprint density at radius 2 is 2.39 bits per heavy atom. The number of hydrogen-bond acceptors (Lipinski definition) is 5. The van der Waals surface area contributed by atoms with Crippen molar-refractivity contribution in [3.05, 3.63) is 11.9 Å². The van der Waals surface area contributed by atoms with Crippen molar-refractivity contribution in [2.45, 2.75) is 26.0 Å². The van der Waals surface area contributed by atoms with E-state index in [1.807, 2.05) is 13.8 Å². The van der Waals surface area contributed by atoms with Crippen molar-refractivity contribution in [3.8, 4) is 0 Å². The first-order valence-electron chi connectivity index (χ1n) is 6.16. The average Bonchev–Trinajstić information content (AvgIpc) is 2.72. The molecule has 2 rings (SSSR count). The fourth-order valence-electron chi connectivity index (χ4n) is 1.54. The van der Waals surface area contributed by atoms with Gasteiger partial charge in [0.15, 0.2) is 5.69 Å². The summed E-state index contributed by atoms with van der Waals surface area (Å²) in [6.07, 6.45) is 1.10. The lowest BCUT2D eigenvalue weighted by Gasteiger charge is -2.26. The smallest absolute Gasteiger partial charge is 0.273 e. The van der Waals surface area contributed by atoms with Crippen LogP contribution in [-0.4, -0.2) is 51.7 Å². The van der Waals surface area contributed by atoms with Crippen LogP contribution in [0.5, 0.6) is 0 Å². The summed E-state index contributed by atoms with van der Waals surface area (Å²) in [7, 11) is 0. The molecule has 0 aromatic carbocycles. The van der Waals surface area contributed by atoms with Crippen molar-refractivity contribution in [1.82, 2.24) is 25.6 Å². The largest absolute Gasteiger partial charge is 0.391 e. The summed E-state index contributed by atoms with van der Waals surface area (Å²) in [4.78, 5) is 11.8. The van der Waals surface area contributed by atoms with E-state index in [9.17, 15) is 9.90 Å². The molecule has 100 valence electrons. The van der Waals surface area contributed by atoms with Crippen LogP contribution in [0.15, 0.2) is 6.20 Å². The molecule has 0 radical (unpaired) electrons. The van der Waals surface area contributed by atoms with Crippen LogP contribution in [-0.2, 0) is 0 Å². The molecular weight excluding hydrogens is 234 g/mol. The second kappa shape index (κ2) is 5.45. The highest BCUT2D eigenvalue weighted by Crippen LogP contribution is 2.09. The lowest BCUT2D eigenvalue weighted by molar-refractivity contribution is 0.0867. The molecule has 2 heterocycles. The number of carbonyl (C=O) groups excluding carboxylic acids is 1.